The minimum absolute atomic E-state index is 0.350. The van der Waals surface area contributed by atoms with E-state index in [2.05, 4.69) is 27.7 Å². The Kier molecular flexibility index (Phi) is 6.33. The molecule has 0 saturated carbocycles. The Labute approximate surface area is 147 Å². The Hall–Kier alpha value is -1.47. The minimum atomic E-state index is 0.350. The largest absolute Gasteiger partial charge is 0.490 e. The predicted octanol–water partition coefficient (Wildman–Crippen LogP) is 4.73. The molecule has 2 aromatic carbocycles. The van der Waals surface area contributed by atoms with Crippen LogP contribution >= 0.6 is 34.2 Å². The lowest BCUT2D eigenvalue weighted by Crippen LogP contribution is -2.03. The van der Waals surface area contributed by atoms with Gasteiger partial charge in [-0.1, -0.05) is 35.0 Å². The third-order valence-electron chi connectivity index (χ3n) is 2.87. The van der Waals surface area contributed by atoms with Crippen LogP contribution in [0, 0.1) is 3.57 Å². The second kappa shape index (κ2) is 8.24. The second-order valence-corrected chi connectivity index (χ2v) is 5.96. The summed E-state index contributed by atoms with van der Waals surface area (Å²) in [4.78, 5) is 0. The molecule has 2 rings (SSSR count). The van der Waals surface area contributed by atoms with Gasteiger partial charge >= 0.3 is 0 Å². The standard InChI is InChI=1S/C16H15ClINO3/c1-2-21-15-8-11(9-19-20)7-14(18)16(15)22-10-12-5-3-4-6-13(12)17/h3-9,20H,2,10H2,1H3. The number of hydrogen-bond acceptors (Lipinski definition) is 4. The average Bonchev–Trinajstić information content (AvgIpc) is 2.49. The molecule has 0 fully saturated rings. The zero-order valence-corrected chi connectivity index (χ0v) is 14.8. The van der Waals surface area contributed by atoms with Crippen molar-refractivity contribution in [3.63, 3.8) is 0 Å². The fraction of sp³-hybridized carbons (Fsp3) is 0.188. The summed E-state index contributed by atoms with van der Waals surface area (Å²) in [5.74, 6) is 1.26. The Morgan fingerprint density at radius 1 is 1.27 bits per heavy atom. The molecule has 116 valence electrons. The van der Waals surface area contributed by atoms with Gasteiger partial charge in [0, 0.05) is 16.1 Å². The van der Waals surface area contributed by atoms with Crippen molar-refractivity contribution in [1.82, 2.24) is 0 Å². The van der Waals surface area contributed by atoms with E-state index in [1.54, 1.807) is 6.07 Å². The van der Waals surface area contributed by atoms with Gasteiger partial charge in [-0.05, 0) is 47.7 Å². The van der Waals surface area contributed by atoms with E-state index in [0.717, 1.165) is 14.7 Å². The molecular weight excluding hydrogens is 417 g/mol. The molecule has 0 aliphatic rings. The maximum Gasteiger partial charge on any atom is 0.175 e. The molecule has 0 saturated heterocycles. The fourth-order valence-electron chi connectivity index (χ4n) is 1.90. The molecule has 0 amide bonds. The van der Waals surface area contributed by atoms with Gasteiger partial charge in [0.05, 0.1) is 16.4 Å². The molecule has 0 heterocycles. The number of nitrogens with zero attached hydrogens (tertiary/aromatic N) is 1. The molecule has 0 aliphatic carbocycles. The van der Waals surface area contributed by atoms with Crippen LogP contribution in [0.5, 0.6) is 11.5 Å². The summed E-state index contributed by atoms with van der Waals surface area (Å²) in [5, 5.41) is 12.4. The van der Waals surface area contributed by atoms with E-state index in [1.807, 2.05) is 37.3 Å². The second-order valence-electron chi connectivity index (χ2n) is 4.39. The van der Waals surface area contributed by atoms with Gasteiger partial charge in [-0.25, -0.2) is 0 Å². The SMILES string of the molecule is CCOc1cc(C=NO)cc(I)c1OCc1ccccc1Cl. The molecular formula is C16H15ClINO3. The van der Waals surface area contributed by atoms with Crippen molar-refractivity contribution in [3.8, 4) is 11.5 Å². The predicted molar refractivity (Wildman–Crippen MR) is 95.5 cm³/mol. The number of ether oxygens (including phenoxy) is 2. The van der Waals surface area contributed by atoms with Crippen molar-refractivity contribution < 1.29 is 14.7 Å². The minimum Gasteiger partial charge on any atom is -0.490 e. The van der Waals surface area contributed by atoms with Crippen LogP contribution in [0.25, 0.3) is 0 Å². The molecule has 0 radical (unpaired) electrons. The summed E-state index contributed by atoms with van der Waals surface area (Å²) in [6, 6.07) is 11.2. The molecule has 0 unspecified atom stereocenters. The van der Waals surface area contributed by atoms with Crippen molar-refractivity contribution in [2.45, 2.75) is 13.5 Å². The topological polar surface area (TPSA) is 51.0 Å². The maximum atomic E-state index is 8.66. The van der Waals surface area contributed by atoms with E-state index in [9.17, 15) is 0 Å². The Morgan fingerprint density at radius 2 is 2.05 bits per heavy atom. The molecule has 1 N–H and O–H groups in total. The lowest BCUT2D eigenvalue weighted by molar-refractivity contribution is 0.267. The van der Waals surface area contributed by atoms with Crippen molar-refractivity contribution in [1.29, 1.82) is 0 Å². The highest BCUT2D eigenvalue weighted by Gasteiger charge is 2.12. The lowest BCUT2D eigenvalue weighted by atomic mass is 10.2. The van der Waals surface area contributed by atoms with E-state index >= 15 is 0 Å². The summed E-state index contributed by atoms with van der Waals surface area (Å²) in [6.45, 7) is 2.76. The van der Waals surface area contributed by atoms with Gasteiger partial charge in [0.25, 0.3) is 0 Å². The van der Waals surface area contributed by atoms with E-state index < -0.39 is 0 Å². The highest BCUT2D eigenvalue weighted by atomic mass is 127. The summed E-state index contributed by atoms with van der Waals surface area (Å²) in [7, 11) is 0. The third-order valence-corrected chi connectivity index (χ3v) is 4.04. The highest BCUT2D eigenvalue weighted by molar-refractivity contribution is 14.1. The first kappa shape index (κ1) is 16.9. The van der Waals surface area contributed by atoms with Crippen LogP contribution in [-0.4, -0.2) is 18.0 Å². The van der Waals surface area contributed by atoms with E-state index in [0.29, 0.717) is 29.7 Å². The Balaban J connectivity index is 2.27. The molecule has 0 spiro atoms. The third kappa shape index (κ3) is 4.27. The van der Waals surface area contributed by atoms with Gasteiger partial charge in [-0.15, -0.1) is 0 Å². The summed E-state index contributed by atoms with van der Waals surface area (Å²) < 4.78 is 12.4. The van der Waals surface area contributed by atoms with E-state index in [-0.39, 0.29) is 0 Å². The van der Waals surface area contributed by atoms with Gasteiger partial charge in [0.15, 0.2) is 11.5 Å². The van der Waals surface area contributed by atoms with Crippen molar-refractivity contribution >= 4 is 40.4 Å². The van der Waals surface area contributed by atoms with Gasteiger partial charge in [0.1, 0.15) is 6.61 Å². The zero-order valence-electron chi connectivity index (χ0n) is 11.9. The zero-order chi connectivity index (χ0) is 15.9. The van der Waals surface area contributed by atoms with Crippen molar-refractivity contribution in [3.05, 3.63) is 56.1 Å². The Bertz CT molecular complexity index is 676. The van der Waals surface area contributed by atoms with Crippen LogP contribution < -0.4 is 9.47 Å². The molecule has 22 heavy (non-hydrogen) atoms. The summed E-state index contributed by atoms with van der Waals surface area (Å²) in [6.07, 6.45) is 1.35. The van der Waals surface area contributed by atoms with Crippen LogP contribution in [-0.2, 0) is 6.61 Å². The lowest BCUT2D eigenvalue weighted by Gasteiger charge is -2.15. The summed E-state index contributed by atoms with van der Waals surface area (Å²) >= 11 is 8.30. The fourth-order valence-corrected chi connectivity index (χ4v) is 2.87. The molecule has 0 aromatic heterocycles. The highest BCUT2D eigenvalue weighted by Crippen LogP contribution is 2.35. The molecule has 4 nitrogen and oxygen atoms in total. The van der Waals surface area contributed by atoms with E-state index in [1.165, 1.54) is 6.21 Å². The van der Waals surface area contributed by atoms with Gasteiger partial charge < -0.3 is 14.7 Å². The maximum absolute atomic E-state index is 8.66. The first-order chi connectivity index (χ1) is 10.7. The molecule has 6 heteroatoms. The molecule has 0 atom stereocenters. The van der Waals surface area contributed by atoms with Crippen LogP contribution in [0.3, 0.4) is 0 Å². The number of oxime groups is 1. The number of benzene rings is 2. The number of halogens is 2. The average molecular weight is 432 g/mol. The Morgan fingerprint density at radius 3 is 2.73 bits per heavy atom. The molecule has 0 aliphatic heterocycles. The normalized spacial score (nSPS) is 10.9. The van der Waals surface area contributed by atoms with Gasteiger partial charge in [-0.3, -0.25) is 0 Å². The smallest absolute Gasteiger partial charge is 0.175 e. The number of rotatable bonds is 6. The van der Waals surface area contributed by atoms with Crippen LogP contribution in [0.2, 0.25) is 5.02 Å². The monoisotopic (exact) mass is 431 g/mol. The van der Waals surface area contributed by atoms with Crippen LogP contribution in [0.4, 0.5) is 0 Å². The first-order valence-corrected chi connectivity index (χ1v) is 8.11. The van der Waals surface area contributed by atoms with Crippen molar-refractivity contribution in [2.75, 3.05) is 6.61 Å². The van der Waals surface area contributed by atoms with Crippen LogP contribution in [0.1, 0.15) is 18.1 Å². The first-order valence-electron chi connectivity index (χ1n) is 6.65. The van der Waals surface area contributed by atoms with Crippen molar-refractivity contribution in [2.24, 2.45) is 5.16 Å². The molecule has 0 bridgehead atoms. The van der Waals surface area contributed by atoms with Crippen LogP contribution in [0.15, 0.2) is 41.6 Å². The van der Waals surface area contributed by atoms with Gasteiger partial charge in [0.2, 0.25) is 0 Å². The summed E-state index contributed by atoms with van der Waals surface area (Å²) in [5.41, 5.74) is 1.64. The van der Waals surface area contributed by atoms with Gasteiger partial charge in [-0.2, -0.15) is 0 Å². The van der Waals surface area contributed by atoms with E-state index in [4.69, 9.17) is 26.3 Å². The number of hydrogen-bond donors (Lipinski definition) is 1. The quantitative estimate of drug-likeness (QED) is 0.311. The molecule has 2 aromatic rings.